The van der Waals surface area contributed by atoms with E-state index in [0.717, 1.165) is 0 Å². The van der Waals surface area contributed by atoms with E-state index >= 15 is 0 Å². The fraction of sp³-hybridized carbons (Fsp3) is 0.286. The van der Waals surface area contributed by atoms with Crippen LogP contribution in [0.1, 0.15) is 16.6 Å². The largest absolute Gasteiger partial charge is 0.480 e. The summed E-state index contributed by atoms with van der Waals surface area (Å²) >= 11 is 2.62. The molecule has 21 heavy (non-hydrogen) atoms. The lowest BCUT2D eigenvalue weighted by atomic mass is 10.2. The summed E-state index contributed by atoms with van der Waals surface area (Å²) in [5.41, 5.74) is 0. The molecule has 2 atom stereocenters. The number of thiophene rings is 1. The van der Waals surface area contributed by atoms with Gasteiger partial charge in [-0.05, 0) is 25.1 Å². The number of amides is 1. The number of benzene rings is 1. The third kappa shape index (κ3) is 2.40. The lowest BCUT2D eigenvalue weighted by molar-refractivity contribution is -0.141. The second kappa shape index (κ2) is 5.31. The van der Waals surface area contributed by atoms with Crippen molar-refractivity contribution in [3.8, 4) is 0 Å². The van der Waals surface area contributed by atoms with E-state index in [1.807, 2.05) is 0 Å². The Kier molecular flexibility index (Phi) is 3.62. The molecule has 1 saturated heterocycles. The highest BCUT2D eigenvalue weighted by Gasteiger charge is 2.40. The lowest BCUT2D eigenvalue weighted by Gasteiger charge is -2.24. The predicted molar refractivity (Wildman–Crippen MR) is 81.3 cm³/mol. The molecule has 0 aliphatic carbocycles. The highest BCUT2D eigenvalue weighted by molar-refractivity contribution is 8.00. The van der Waals surface area contributed by atoms with Crippen LogP contribution in [0.15, 0.2) is 24.3 Å². The van der Waals surface area contributed by atoms with Crippen LogP contribution in [0.3, 0.4) is 0 Å². The lowest BCUT2D eigenvalue weighted by Crippen LogP contribution is -2.44. The van der Waals surface area contributed by atoms with Gasteiger partial charge in [0.2, 0.25) is 0 Å². The monoisotopic (exact) mass is 325 g/mol. The van der Waals surface area contributed by atoms with Crippen molar-refractivity contribution in [1.82, 2.24) is 4.90 Å². The first-order valence-corrected chi connectivity index (χ1v) is 8.20. The molecule has 1 aromatic heterocycles. The third-order valence-corrected chi connectivity index (χ3v) is 5.77. The van der Waals surface area contributed by atoms with Gasteiger partial charge in [-0.3, -0.25) is 4.79 Å². The molecule has 0 saturated carbocycles. The van der Waals surface area contributed by atoms with E-state index in [2.05, 4.69) is 0 Å². The van der Waals surface area contributed by atoms with Gasteiger partial charge in [0.15, 0.2) is 0 Å². The van der Waals surface area contributed by atoms with Crippen LogP contribution in [0.25, 0.3) is 10.1 Å². The molecular weight excluding hydrogens is 313 g/mol. The van der Waals surface area contributed by atoms with Crippen molar-refractivity contribution in [1.29, 1.82) is 0 Å². The van der Waals surface area contributed by atoms with Crippen LogP contribution in [0.5, 0.6) is 0 Å². The number of thioether (sulfide) groups is 1. The second-order valence-electron chi connectivity index (χ2n) is 4.76. The van der Waals surface area contributed by atoms with Gasteiger partial charge in [-0.15, -0.1) is 23.1 Å². The SMILES string of the molecule is CC1SCC(C(=O)O)N1C(=O)c1cc2c(F)cccc2s1. The van der Waals surface area contributed by atoms with Gasteiger partial charge in [0, 0.05) is 15.8 Å². The smallest absolute Gasteiger partial charge is 0.327 e. The third-order valence-electron chi connectivity index (χ3n) is 3.46. The summed E-state index contributed by atoms with van der Waals surface area (Å²) in [7, 11) is 0. The molecule has 2 unspecified atom stereocenters. The Morgan fingerprint density at radius 2 is 2.19 bits per heavy atom. The number of carbonyl (C=O) groups excluding carboxylic acids is 1. The summed E-state index contributed by atoms with van der Waals surface area (Å²) in [6, 6.07) is 5.37. The predicted octanol–water partition coefficient (Wildman–Crippen LogP) is 3.03. The molecule has 1 amide bonds. The number of carbonyl (C=O) groups is 2. The van der Waals surface area contributed by atoms with Gasteiger partial charge in [0.05, 0.1) is 10.3 Å². The Labute approximate surface area is 128 Å². The minimum atomic E-state index is -1.01. The molecule has 4 nitrogen and oxygen atoms in total. The maximum absolute atomic E-state index is 13.7. The van der Waals surface area contributed by atoms with Crippen LogP contribution < -0.4 is 0 Å². The van der Waals surface area contributed by atoms with Crippen molar-refractivity contribution in [3.05, 3.63) is 35.0 Å². The number of nitrogens with zero attached hydrogens (tertiary/aromatic N) is 1. The molecule has 1 N–H and O–H groups in total. The number of carboxylic acids is 1. The van der Waals surface area contributed by atoms with Gasteiger partial charge in [0.1, 0.15) is 11.9 Å². The van der Waals surface area contributed by atoms with E-state index in [4.69, 9.17) is 0 Å². The van der Waals surface area contributed by atoms with Crippen molar-refractivity contribution in [2.24, 2.45) is 0 Å². The summed E-state index contributed by atoms with van der Waals surface area (Å²) in [6.07, 6.45) is 0. The zero-order chi connectivity index (χ0) is 15.1. The normalized spacial score (nSPS) is 21.9. The highest BCUT2D eigenvalue weighted by Crippen LogP contribution is 2.34. The summed E-state index contributed by atoms with van der Waals surface area (Å²) in [4.78, 5) is 25.6. The van der Waals surface area contributed by atoms with E-state index in [9.17, 15) is 19.1 Å². The average molecular weight is 325 g/mol. The highest BCUT2D eigenvalue weighted by atomic mass is 32.2. The summed E-state index contributed by atoms with van der Waals surface area (Å²) < 4.78 is 14.4. The molecule has 1 aromatic carbocycles. The number of hydrogen-bond acceptors (Lipinski definition) is 4. The topological polar surface area (TPSA) is 57.6 Å². The van der Waals surface area contributed by atoms with Gasteiger partial charge in [-0.25, -0.2) is 9.18 Å². The van der Waals surface area contributed by atoms with Crippen molar-refractivity contribution in [2.45, 2.75) is 18.3 Å². The van der Waals surface area contributed by atoms with Crippen LogP contribution in [0, 0.1) is 5.82 Å². The molecule has 2 aromatic rings. The van der Waals surface area contributed by atoms with E-state index in [1.54, 1.807) is 19.1 Å². The number of rotatable bonds is 2. The average Bonchev–Trinajstić information content (AvgIpc) is 3.02. The molecule has 1 aliphatic heterocycles. The van der Waals surface area contributed by atoms with Gasteiger partial charge >= 0.3 is 5.97 Å². The first kappa shape index (κ1) is 14.3. The molecule has 1 fully saturated rings. The van der Waals surface area contributed by atoms with E-state index in [1.165, 1.54) is 40.1 Å². The van der Waals surface area contributed by atoms with Crippen LogP contribution in [-0.2, 0) is 4.79 Å². The van der Waals surface area contributed by atoms with Crippen molar-refractivity contribution >= 4 is 45.1 Å². The van der Waals surface area contributed by atoms with Crippen LogP contribution in [-0.4, -0.2) is 39.1 Å². The Hall–Kier alpha value is -1.60. The minimum Gasteiger partial charge on any atom is -0.480 e. The Morgan fingerprint density at radius 3 is 2.86 bits per heavy atom. The van der Waals surface area contributed by atoms with Crippen LogP contribution in [0.4, 0.5) is 4.39 Å². The number of hydrogen-bond donors (Lipinski definition) is 1. The van der Waals surface area contributed by atoms with Crippen molar-refractivity contribution in [2.75, 3.05) is 5.75 Å². The maximum Gasteiger partial charge on any atom is 0.327 e. The van der Waals surface area contributed by atoms with E-state index in [-0.39, 0.29) is 17.1 Å². The zero-order valence-corrected chi connectivity index (χ0v) is 12.7. The summed E-state index contributed by atoms with van der Waals surface area (Å²) in [6.45, 7) is 1.80. The Bertz CT molecular complexity index is 730. The van der Waals surface area contributed by atoms with Gasteiger partial charge in [-0.1, -0.05) is 6.07 Å². The Balaban J connectivity index is 1.99. The standard InChI is InChI=1S/C14H12FNO3S2/c1-7-16(10(6-20-7)14(18)19)13(17)12-5-8-9(15)3-2-4-11(8)21-12/h2-5,7,10H,6H2,1H3,(H,18,19). The molecule has 110 valence electrons. The molecule has 0 bridgehead atoms. The molecular formula is C14H12FNO3S2. The van der Waals surface area contributed by atoms with Gasteiger partial charge in [0.25, 0.3) is 5.91 Å². The molecule has 0 spiro atoms. The van der Waals surface area contributed by atoms with Crippen LogP contribution in [0.2, 0.25) is 0 Å². The quantitative estimate of drug-likeness (QED) is 0.922. The first-order valence-electron chi connectivity index (χ1n) is 6.34. The minimum absolute atomic E-state index is 0.200. The fourth-order valence-electron chi connectivity index (χ4n) is 2.40. The molecule has 3 rings (SSSR count). The first-order chi connectivity index (χ1) is 9.99. The molecule has 1 aliphatic rings. The number of aliphatic carboxylic acids is 1. The Morgan fingerprint density at radius 1 is 1.43 bits per heavy atom. The van der Waals surface area contributed by atoms with Gasteiger partial charge in [-0.2, -0.15) is 0 Å². The number of carboxylic acid groups (broad SMARTS) is 1. The number of halogens is 1. The molecule has 7 heteroatoms. The van der Waals surface area contributed by atoms with Gasteiger partial charge < -0.3 is 10.0 Å². The number of fused-ring (bicyclic) bond motifs is 1. The maximum atomic E-state index is 13.7. The molecule has 2 heterocycles. The van der Waals surface area contributed by atoms with E-state index in [0.29, 0.717) is 20.7 Å². The second-order valence-corrected chi connectivity index (χ2v) is 7.19. The fourth-order valence-corrected chi connectivity index (χ4v) is 4.59. The molecule has 0 radical (unpaired) electrons. The van der Waals surface area contributed by atoms with Crippen molar-refractivity contribution in [3.63, 3.8) is 0 Å². The van der Waals surface area contributed by atoms with E-state index < -0.39 is 12.0 Å². The zero-order valence-electron chi connectivity index (χ0n) is 11.1. The van der Waals surface area contributed by atoms with Crippen LogP contribution >= 0.6 is 23.1 Å². The summed E-state index contributed by atoms with van der Waals surface area (Å²) in [5, 5.41) is 9.42. The summed E-state index contributed by atoms with van der Waals surface area (Å²) in [5.74, 6) is -1.35. The van der Waals surface area contributed by atoms with Crippen molar-refractivity contribution < 1.29 is 19.1 Å².